The van der Waals surface area contributed by atoms with Crippen LogP contribution >= 0.6 is 23.2 Å². The lowest BCUT2D eigenvalue weighted by Crippen LogP contribution is -2.15. The van der Waals surface area contributed by atoms with Crippen LogP contribution in [0.1, 0.15) is 24.6 Å². The average Bonchev–Trinajstić information content (AvgIpc) is 2.50. The van der Waals surface area contributed by atoms with Gasteiger partial charge in [-0.15, -0.1) is 0 Å². The van der Waals surface area contributed by atoms with E-state index in [1.165, 1.54) is 6.21 Å². The van der Waals surface area contributed by atoms with Gasteiger partial charge in [-0.1, -0.05) is 30.1 Å². The largest absolute Gasteiger partial charge is 0.490 e. The summed E-state index contributed by atoms with van der Waals surface area (Å²) in [5, 5.41) is 10.8. The van der Waals surface area contributed by atoms with Crippen molar-refractivity contribution in [2.24, 2.45) is 5.10 Å². The molecule has 2 N–H and O–H groups in total. The molecule has 2 rings (SSSR count). The molecule has 0 bridgehead atoms. The summed E-state index contributed by atoms with van der Waals surface area (Å²) < 4.78 is 5.49. The van der Waals surface area contributed by atoms with Crippen molar-refractivity contribution in [2.75, 3.05) is 12.0 Å². The minimum absolute atomic E-state index is 0.269. The second-order valence-electron chi connectivity index (χ2n) is 4.61. The number of ether oxygens (including phenoxy) is 1. The van der Waals surface area contributed by atoms with Crippen molar-refractivity contribution in [1.29, 1.82) is 0 Å². The second-order valence-corrected chi connectivity index (χ2v) is 5.42. The molecule has 2 aromatic rings. The van der Waals surface area contributed by atoms with E-state index in [1.807, 2.05) is 6.92 Å². The SMILES string of the molecule is CCCOc1c(Cl)cc(/C=N/Nc2nc(=O)[nH]nc2C)cc1Cl. The van der Waals surface area contributed by atoms with Gasteiger partial charge in [-0.25, -0.2) is 9.89 Å². The van der Waals surface area contributed by atoms with Crippen LogP contribution in [0.5, 0.6) is 5.75 Å². The molecule has 0 unspecified atom stereocenters. The van der Waals surface area contributed by atoms with Gasteiger partial charge < -0.3 is 4.74 Å². The Labute approximate surface area is 142 Å². The molecular weight excluding hydrogens is 341 g/mol. The van der Waals surface area contributed by atoms with Crippen LogP contribution in [0.2, 0.25) is 10.0 Å². The van der Waals surface area contributed by atoms with Gasteiger partial charge in [-0.3, -0.25) is 5.43 Å². The van der Waals surface area contributed by atoms with Crippen LogP contribution in [0.25, 0.3) is 0 Å². The lowest BCUT2D eigenvalue weighted by molar-refractivity contribution is 0.318. The fourth-order valence-corrected chi connectivity index (χ4v) is 2.28. The highest BCUT2D eigenvalue weighted by molar-refractivity contribution is 6.37. The number of hydrogen-bond acceptors (Lipinski definition) is 6. The normalized spacial score (nSPS) is 11.0. The van der Waals surface area contributed by atoms with Crippen molar-refractivity contribution in [1.82, 2.24) is 15.2 Å². The smallest absolute Gasteiger partial charge is 0.363 e. The van der Waals surface area contributed by atoms with Gasteiger partial charge in [0.25, 0.3) is 0 Å². The molecule has 0 spiro atoms. The third-order valence-corrected chi connectivity index (χ3v) is 3.29. The first-order valence-corrected chi connectivity index (χ1v) is 7.61. The maximum atomic E-state index is 11.1. The predicted molar refractivity (Wildman–Crippen MR) is 90.9 cm³/mol. The Morgan fingerprint density at radius 3 is 2.74 bits per heavy atom. The summed E-state index contributed by atoms with van der Waals surface area (Å²) in [6.07, 6.45) is 2.36. The number of H-pyrrole nitrogens is 1. The summed E-state index contributed by atoms with van der Waals surface area (Å²) in [7, 11) is 0. The first-order valence-electron chi connectivity index (χ1n) is 6.85. The summed E-state index contributed by atoms with van der Waals surface area (Å²) in [5.41, 5.74) is 3.28. The molecular formula is C14H15Cl2N5O2. The number of aryl methyl sites for hydroxylation is 1. The first-order chi connectivity index (χ1) is 11.0. The Kier molecular flexibility index (Phi) is 5.95. The summed E-state index contributed by atoms with van der Waals surface area (Å²) in [4.78, 5) is 14.8. The molecule has 0 fully saturated rings. The monoisotopic (exact) mass is 355 g/mol. The Hall–Kier alpha value is -2.12. The van der Waals surface area contributed by atoms with Crippen LogP contribution in [-0.2, 0) is 0 Å². The highest BCUT2D eigenvalue weighted by Crippen LogP contribution is 2.33. The topological polar surface area (TPSA) is 92.3 Å². The van der Waals surface area contributed by atoms with E-state index in [2.05, 4.69) is 25.7 Å². The maximum Gasteiger partial charge on any atom is 0.363 e. The number of nitrogens with one attached hydrogen (secondary N) is 2. The van der Waals surface area contributed by atoms with Gasteiger partial charge in [0.15, 0.2) is 11.6 Å². The van der Waals surface area contributed by atoms with Crippen LogP contribution in [-0.4, -0.2) is 28.0 Å². The molecule has 23 heavy (non-hydrogen) atoms. The number of anilines is 1. The van der Waals surface area contributed by atoms with E-state index in [-0.39, 0.29) is 5.82 Å². The van der Waals surface area contributed by atoms with Crippen LogP contribution in [0.3, 0.4) is 0 Å². The first kappa shape index (κ1) is 17.2. The number of benzene rings is 1. The predicted octanol–water partition coefficient (Wildman–Crippen LogP) is 3.01. The summed E-state index contributed by atoms with van der Waals surface area (Å²) >= 11 is 12.3. The average molecular weight is 356 g/mol. The Bertz CT molecular complexity index is 753. The Morgan fingerprint density at radius 1 is 1.39 bits per heavy atom. The van der Waals surface area contributed by atoms with E-state index in [9.17, 15) is 4.79 Å². The highest BCUT2D eigenvalue weighted by Gasteiger charge is 2.09. The zero-order valence-corrected chi connectivity index (χ0v) is 14.1. The molecule has 1 aromatic carbocycles. The lowest BCUT2D eigenvalue weighted by atomic mass is 10.2. The van der Waals surface area contributed by atoms with E-state index in [1.54, 1.807) is 19.1 Å². The Balaban J connectivity index is 2.13. The molecule has 0 atom stereocenters. The third kappa shape index (κ3) is 4.67. The zero-order chi connectivity index (χ0) is 16.8. The molecule has 0 aliphatic heterocycles. The van der Waals surface area contributed by atoms with Gasteiger partial charge in [0.05, 0.1) is 22.9 Å². The fraction of sp³-hybridized carbons (Fsp3) is 0.286. The summed E-state index contributed by atoms with van der Waals surface area (Å²) in [5.74, 6) is 0.724. The molecule has 0 radical (unpaired) electrons. The van der Waals surface area contributed by atoms with E-state index in [0.29, 0.717) is 33.7 Å². The third-order valence-electron chi connectivity index (χ3n) is 2.73. The van der Waals surface area contributed by atoms with E-state index in [0.717, 1.165) is 6.42 Å². The van der Waals surface area contributed by atoms with E-state index >= 15 is 0 Å². The minimum Gasteiger partial charge on any atom is -0.490 e. The molecule has 0 amide bonds. The highest BCUT2D eigenvalue weighted by atomic mass is 35.5. The maximum absolute atomic E-state index is 11.1. The van der Waals surface area contributed by atoms with Gasteiger partial charge in [0.1, 0.15) is 5.69 Å². The number of halogens is 2. The van der Waals surface area contributed by atoms with Gasteiger partial charge in [-0.05, 0) is 31.0 Å². The molecule has 0 aliphatic carbocycles. The van der Waals surface area contributed by atoms with Crippen LogP contribution in [0.4, 0.5) is 5.82 Å². The van der Waals surface area contributed by atoms with Crippen LogP contribution < -0.4 is 15.9 Å². The van der Waals surface area contributed by atoms with Crippen molar-refractivity contribution in [3.05, 3.63) is 43.9 Å². The number of aromatic amines is 1. The van der Waals surface area contributed by atoms with Crippen LogP contribution in [0, 0.1) is 6.92 Å². The number of nitrogens with zero attached hydrogens (tertiary/aromatic N) is 3. The molecule has 0 saturated heterocycles. The number of hydrogen-bond donors (Lipinski definition) is 2. The number of aromatic nitrogens is 3. The number of rotatable bonds is 6. The molecule has 1 heterocycles. The summed E-state index contributed by atoms with van der Waals surface area (Å²) in [6, 6.07) is 3.36. The molecule has 1 aromatic heterocycles. The van der Waals surface area contributed by atoms with Crippen molar-refractivity contribution in [3.8, 4) is 5.75 Å². The van der Waals surface area contributed by atoms with Gasteiger partial charge >= 0.3 is 5.69 Å². The van der Waals surface area contributed by atoms with E-state index < -0.39 is 5.69 Å². The van der Waals surface area contributed by atoms with Gasteiger partial charge in [-0.2, -0.15) is 15.2 Å². The molecule has 122 valence electrons. The minimum atomic E-state index is -0.559. The van der Waals surface area contributed by atoms with Gasteiger partial charge in [0, 0.05) is 0 Å². The molecule has 7 nitrogen and oxygen atoms in total. The van der Waals surface area contributed by atoms with Crippen molar-refractivity contribution in [2.45, 2.75) is 20.3 Å². The standard InChI is InChI=1S/C14H15Cl2N5O2/c1-3-4-23-12-10(15)5-9(6-11(12)16)7-17-20-13-8(2)19-21-14(22)18-13/h5-7H,3-4H2,1-2H3,(H2,18,20,21,22)/b17-7+. The zero-order valence-electron chi connectivity index (χ0n) is 12.6. The molecule has 0 aliphatic rings. The van der Waals surface area contributed by atoms with Crippen LogP contribution in [0.15, 0.2) is 22.0 Å². The number of hydrazone groups is 1. The quantitative estimate of drug-likeness (QED) is 0.613. The van der Waals surface area contributed by atoms with Crippen molar-refractivity contribution < 1.29 is 4.74 Å². The molecule has 9 heteroatoms. The molecule has 0 saturated carbocycles. The summed E-state index contributed by atoms with van der Waals surface area (Å²) in [6.45, 7) is 4.22. The fourth-order valence-electron chi connectivity index (χ4n) is 1.66. The van der Waals surface area contributed by atoms with Gasteiger partial charge in [0.2, 0.25) is 0 Å². The van der Waals surface area contributed by atoms with Crippen molar-refractivity contribution >= 4 is 35.2 Å². The lowest BCUT2D eigenvalue weighted by Gasteiger charge is -2.09. The van der Waals surface area contributed by atoms with E-state index in [4.69, 9.17) is 27.9 Å². The second kappa shape index (κ2) is 7.94. The Morgan fingerprint density at radius 2 is 2.09 bits per heavy atom. The van der Waals surface area contributed by atoms with Crippen molar-refractivity contribution in [3.63, 3.8) is 0 Å².